The van der Waals surface area contributed by atoms with Crippen molar-refractivity contribution < 1.29 is 19.1 Å². The molecule has 1 aromatic rings. The summed E-state index contributed by atoms with van der Waals surface area (Å²) in [5, 5.41) is 0. The number of benzene rings is 1. The lowest BCUT2D eigenvalue weighted by Crippen LogP contribution is -2.21. The van der Waals surface area contributed by atoms with Gasteiger partial charge in [-0.3, -0.25) is 9.59 Å². The predicted molar refractivity (Wildman–Crippen MR) is 64.4 cm³/mol. The maximum absolute atomic E-state index is 11.7. The van der Waals surface area contributed by atoms with E-state index in [0.717, 1.165) is 6.42 Å². The molecule has 0 aliphatic carbocycles. The van der Waals surface area contributed by atoms with Crippen LogP contribution in [0.4, 0.5) is 0 Å². The van der Waals surface area contributed by atoms with Gasteiger partial charge in [-0.2, -0.15) is 0 Å². The summed E-state index contributed by atoms with van der Waals surface area (Å²) in [7, 11) is 0. The van der Waals surface area contributed by atoms with E-state index >= 15 is 0 Å². The van der Waals surface area contributed by atoms with Gasteiger partial charge in [-0.1, -0.05) is 0 Å². The highest BCUT2D eigenvalue weighted by atomic mass is 16.5. The molecule has 1 atom stereocenters. The highest BCUT2D eigenvalue weighted by Gasteiger charge is 2.23. The largest absolute Gasteiger partial charge is 0.486 e. The molecule has 5 heteroatoms. The van der Waals surface area contributed by atoms with Crippen molar-refractivity contribution in [1.29, 1.82) is 0 Å². The molecule has 1 aliphatic rings. The Morgan fingerprint density at radius 2 is 2.06 bits per heavy atom. The van der Waals surface area contributed by atoms with Crippen molar-refractivity contribution in [2.24, 2.45) is 11.7 Å². The fraction of sp³-hybridized carbons (Fsp3) is 0.385. The van der Waals surface area contributed by atoms with Crippen molar-refractivity contribution >= 4 is 11.7 Å². The number of nitrogens with two attached hydrogens (primary N) is 1. The molecule has 1 unspecified atom stereocenters. The van der Waals surface area contributed by atoms with Crippen LogP contribution in [0.1, 0.15) is 16.8 Å². The minimum atomic E-state index is -0.485. The molecule has 0 saturated carbocycles. The second-order valence-electron chi connectivity index (χ2n) is 4.20. The van der Waals surface area contributed by atoms with Gasteiger partial charge in [0.1, 0.15) is 12.4 Å². The van der Waals surface area contributed by atoms with Gasteiger partial charge in [0.05, 0.1) is 6.61 Å². The first-order valence-corrected chi connectivity index (χ1v) is 5.80. The highest BCUT2D eigenvalue weighted by molar-refractivity contribution is 5.92. The number of carbonyl (C=O) groups excluding carboxylic acids is 2. The standard InChI is InChI=1S/C13H15NO4/c14-13(16)9-1-3-11(4-2-9)18-8-12(15)10-5-6-17-7-10/h1-4,10H,5-8H2,(H2,14,16). The van der Waals surface area contributed by atoms with E-state index in [1.807, 2.05) is 0 Å². The van der Waals surface area contributed by atoms with Gasteiger partial charge in [0, 0.05) is 18.1 Å². The highest BCUT2D eigenvalue weighted by Crippen LogP contribution is 2.16. The number of hydrogen-bond acceptors (Lipinski definition) is 4. The zero-order valence-corrected chi connectivity index (χ0v) is 9.93. The third-order valence-electron chi connectivity index (χ3n) is 2.90. The Kier molecular flexibility index (Phi) is 3.94. The lowest BCUT2D eigenvalue weighted by molar-refractivity contribution is -0.124. The van der Waals surface area contributed by atoms with Crippen molar-refractivity contribution in [2.45, 2.75) is 6.42 Å². The van der Waals surface area contributed by atoms with Crippen LogP contribution in [-0.2, 0) is 9.53 Å². The van der Waals surface area contributed by atoms with Crippen LogP contribution in [0.5, 0.6) is 5.75 Å². The first-order chi connectivity index (χ1) is 8.66. The summed E-state index contributed by atoms with van der Waals surface area (Å²) >= 11 is 0. The van der Waals surface area contributed by atoms with Crippen LogP contribution in [-0.4, -0.2) is 31.5 Å². The van der Waals surface area contributed by atoms with Crippen LogP contribution in [0.3, 0.4) is 0 Å². The summed E-state index contributed by atoms with van der Waals surface area (Å²) in [5.74, 6) is 0.0642. The summed E-state index contributed by atoms with van der Waals surface area (Å²) in [6.45, 7) is 1.16. The molecular weight excluding hydrogens is 234 g/mol. The molecule has 0 radical (unpaired) electrons. The van der Waals surface area contributed by atoms with Gasteiger partial charge in [-0.15, -0.1) is 0 Å². The average Bonchev–Trinajstić information content (AvgIpc) is 2.90. The van der Waals surface area contributed by atoms with E-state index in [-0.39, 0.29) is 18.3 Å². The van der Waals surface area contributed by atoms with Crippen LogP contribution in [0, 0.1) is 5.92 Å². The summed E-state index contributed by atoms with van der Waals surface area (Å²) in [6.07, 6.45) is 0.767. The number of Topliss-reactive ketones (excluding diaryl/α,β-unsaturated/α-hetero) is 1. The fourth-order valence-corrected chi connectivity index (χ4v) is 1.78. The minimum absolute atomic E-state index is 0.0317. The molecule has 2 N–H and O–H groups in total. The summed E-state index contributed by atoms with van der Waals surface area (Å²) < 4.78 is 10.5. The molecule has 1 fully saturated rings. The smallest absolute Gasteiger partial charge is 0.248 e. The zero-order chi connectivity index (χ0) is 13.0. The topological polar surface area (TPSA) is 78.6 Å². The first kappa shape index (κ1) is 12.6. The monoisotopic (exact) mass is 249 g/mol. The minimum Gasteiger partial charge on any atom is -0.486 e. The van der Waals surface area contributed by atoms with E-state index in [2.05, 4.69) is 0 Å². The van der Waals surface area contributed by atoms with E-state index in [4.69, 9.17) is 15.2 Å². The molecule has 1 heterocycles. The molecule has 5 nitrogen and oxygen atoms in total. The first-order valence-electron chi connectivity index (χ1n) is 5.80. The molecule has 0 spiro atoms. The molecule has 0 bridgehead atoms. The molecular formula is C13H15NO4. The van der Waals surface area contributed by atoms with Crippen LogP contribution in [0.25, 0.3) is 0 Å². The molecule has 1 amide bonds. The molecule has 1 saturated heterocycles. The Balaban J connectivity index is 1.86. The Morgan fingerprint density at radius 1 is 1.33 bits per heavy atom. The van der Waals surface area contributed by atoms with E-state index < -0.39 is 5.91 Å². The van der Waals surface area contributed by atoms with E-state index in [1.54, 1.807) is 24.3 Å². The number of ether oxygens (including phenoxy) is 2. The fourth-order valence-electron chi connectivity index (χ4n) is 1.78. The van der Waals surface area contributed by atoms with Crippen molar-refractivity contribution in [3.8, 4) is 5.75 Å². The molecule has 18 heavy (non-hydrogen) atoms. The van der Waals surface area contributed by atoms with Crippen molar-refractivity contribution in [3.05, 3.63) is 29.8 Å². The van der Waals surface area contributed by atoms with Gasteiger partial charge < -0.3 is 15.2 Å². The number of amides is 1. The molecule has 2 rings (SSSR count). The third-order valence-corrected chi connectivity index (χ3v) is 2.90. The quantitative estimate of drug-likeness (QED) is 0.836. The lowest BCUT2D eigenvalue weighted by atomic mass is 10.0. The van der Waals surface area contributed by atoms with E-state index in [0.29, 0.717) is 24.5 Å². The number of ketones is 1. The van der Waals surface area contributed by atoms with E-state index in [1.165, 1.54) is 0 Å². The Bertz CT molecular complexity index is 435. The van der Waals surface area contributed by atoms with Gasteiger partial charge in [-0.25, -0.2) is 0 Å². The van der Waals surface area contributed by atoms with Gasteiger partial charge in [0.25, 0.3) is 0 Å². The zero-order valence-electron chi connectivity index (χ0n) is 9.93. The Morgan fingerprint density at radius 3 is 2.61 bits per heavy atom. The van der Waals surface area contributed by atoms with Crippen LogP contribution >= 0.6 is 0 Å². The van der Waals surface area contributed by atoms with Crippen molar-refractivity contribution in [1.82, 2.24) is 0 Å². The summed E-state index contributed by atoms with van der Waals surface area (Å²) in [4.78, 5) is 22.6. The maximum atomic E-state index is 11.7. The summed E-state index contributed by atoms with van der Waals surface area (Å²) in [5.41, 5.74) is 5.54. The van der Waals surface area contributed by atoms with Gasteiger partial charge in [-0.05, 0) is 30.7 Å². The summed E-state index contributed by atoms with van der Waals surface area (Å²) in [6, 6.07) is 6.39. The maximum Gasteiger partial charge on any atom is 0.248 e. The number of hydrogen-bond donors (Lipinski definition) is 1. The van der Waals surface area contributed by atoms with Gasteiger partial charge in [0.15, 0.2) is 5.78 Å². The lowest BCUT2D eigenvalue weighted by Gasteiger charge is -2.08. The average molecular weight is 249 g/mol. The molecule has 1 aromatic carbocycles. The Labute approximate surface area is 105 Å². The molecule has 96 valence electrons. The van der Waals surface area contributed by atoms with Gasteiger partial charge >= 0.3 is 0 Å². The third kappa shape index (κ3) is 3.07. The van der Waals surface area contributed by atoms with Crippen LogP contribution in [0.15, 0.2) is 24.3 Å². The number of primary amides is 1. The van der Waals surface area contributed by atoms with Crippen molar-refractivity contribution in [3.63, 3.8) is 0 Å². The molecule has 1 aliphatic heterocycles. The second-order valence-corrected chi connectivity index (χ2v) is 4.20. The van der Waals surface area contributed by atoms with Gasteiger partial charge in [0.2, 0.25) is 5.91 Å². The number of carbonyl (C=O) groups is 2. The number of rotatable bonds is 5. The second kappa shape index (κ2) is 5.64. The Hall–Kier alpha value is -1.88. The SMILES string of the molecule is NC(=O)c1ccc(OCC(=O)C2CCOC2)cc1. The van der Waals surface area contributed by atoms with Crippen LogP contribution in [0.2, 0.25) is 0 Å². The van der Waals surface area contributed by atoms with Crippen molar-refractivity contribution in [2.75, 3.05) is 19.8 Å². The molecule has 0 aromatic heterocycles. The van der Waals surface area contributed by atoms with Crippen LogP contribution < -0.4 is 10.5 Å². The predicted octanol–water partition coefficient (Wildman–Crippen LogP) is 0.770. The normalized spacial score (nSPS) is 18.6. The van der Waals surface area contributed by atoms with E-state index in [9.17, 15) is 9.59 Å².